The summed E-state index contributed by atoms with van der Waals surface area (Å²) in [7, 11) is 0. The van der Waals surface area contributed by atoms with Crippen molar-refractivity contribution in [3.05, 3.63) is 71.4 Å². The topological polar surface area (TPSA) is 62.5 Å². The third-order valence-corrected chi connectivity index (χ3v) is 5.39. The lowest BCUT2D eigenvalue weighted by Gasteiger charge is -2.34. The number of aryl methyl sites for hydroxylation is 2. The smallest absolute Gasteiger partial charge is 0.253 e. The number of amides is 1. The SMILES string of the molecule is Cc1ccc(-c2noc(CCCN3CCN(C(=O)c4ccc(F)cc4)CC3)n2)cc1. The van der Waals surface area contributed by atoms with E-state index in [0.717, 1.165) is 38.0 Å². The lowest BCUT2D eigenvalue weighted by molar-refractivity contribution is 0.0635. The van der Waals surface area contributed by atoms with Crippen LogP contribution in [0.4, 0.5) is 4.39 Å². The largest absolute Gasteiger partial charge is 0.339 e. The van der Waals surface area contributed by atoms with Crippen LogP contribution in [-0.2, 0) is 6.42 Å². The van der Waals surface area contributed by atoms with Crippen molar-refractivity contribution in [2.45, 2.75) is 19.8 Å². The van der Waals surface area contributed by atoms with Crippen LogP contribution in [0.3, 0.4) is 0 Å². The Morgan fingerprint density at radius 3 is 2.43 bits per heavy atom. The second-order valence-electron chi connectivity index (χ2n) is 7.62. The molecule has 2 heterocycles. The van der Waals surface area contributed by atoms with E-state index in [1.807, 2.05) is 36.1 Å². The summed E-state index contributed by atoms with van der Waals surface area (Å²) in [4.78, 5) is 21.2. The predicted octanol–water partition coefficient (Wildman–Crippen LogP) is 3.57. The molecule has 4 rings (SSSR count). The van der Waals surface area contributed by atoms with Crippen molar-refractivity contribution in [1.29, 1.82) is 0 Å². The van der Waals surface area contributed by atoms with Crippen LogP contribution in [0.1, 0.15) is 28.2 Å². The number of halogens is 1. The number of carbonyl (C=O) groups excluding carboxylic acids is 1. The fourth-order valence-electron chi connectivity index (χ4n) is 3.58. The number of rotatable bonds is 6. The molecule has 1 saturated heterocycles. The standard InChI is InChI=1S/C23H25FN4O2/c1-17-4-6-18(7-5-17)22-25-21(30-26-22)3-2-12-27-13-15-28(16-14-27)23(29)19-8-10-20(24)11-9-19/h4-11H,2-3,12-16H2,1H3. The normalized spacial score (nSPS) is 14.8. The van der Waals surface area contributed by atoms with Gasteiger partial charge in [-0.25, -0.2) is 4.39 Å². The highest BCUT2D eigenvalue weighted by atomic mass is 19.1. The molecule has 0 unspecified atom stereocenters. The van der Waals surface area contributed by atoms with E-state index in [4.69, 9.17) is 4.52 Å². The summed E-state index contributed by atoms with van der Waals surface area (Å²) in [6.45, 7) is 5.96. The quantitative estimate of drug-likeness (QED) is 0.624. The van der Waals surface area contributed by atoms with Crippen molar-refractivity contribution in [3.63, 3.8) is 0 Å². The van der Waals surface area contributed by atoms with Crippen molar-refractivity contribution in [2.75, 3.05) is 32.7 Å². The summed E-state index contributed by atoms with van der Waals surface area (Å²) in [5.74, 6) is 0.904. The monoisotopic (exact) mass is 408 g/mol. The van der Waals surface area contributed by atoms with Crippen molar-refractivity contribution < 1.29 is 13.7 Å². The Hall–Kier alpha value is -3.06. The minimum atomic E-state index is -0.330. The van der Waals surface area contributed by atoms with Crippen molar-refractivity contribution in [3.8, 4) is 11.4 Å². The van der Waals surface area contributed by atoms with Gasteiger partial charge in [-0.2, -0.15) is 4.98 Å². The molecule has 3 aromatic rings. The minimum absolute atomic E-state index is 0.0378. The second kappa shape index (κ2) is 9.17. The number of benzene rings is 2. The fourth-order valence-corrected chi connectivity index (χ4v) is 3.58. The second-order valence-corrected chi connectivity index (χ2v) is 7.62. The maximum atomic E-state index is 13.0. The maximum absolute atomic E-state index is 13.0. The lowest BCUT2D eigenvalue weighted by Crippen LogP contribution is -2.48. The number of hydrogen-bond acceptors (Lipinski definition) is 5. The first-order chi connectivity index (χ1) is 14.6. The maximum Gasteiger partial charge on any atom is 0.253 e. The zero-order chi connectivity index (χ0) is 20.9. The van der Waals surface area contributed by atoms with Gasteiger partial charge in [0.15, 0.2) is 0 Å². The molecular weight excluding hydrogens is 383 g/mol. The average Bonchev–Trinajstić information content (AvgIpc) is 3.24. The third kappa shape index (κ3) is 4.91. The summed E-state index contributed by atoms with van der Waals surface area (Å²) in [6, 6.07) is 13.8. The highest BCUT2D eigenvalue weighted by Gasteiger charge is 2.22. The van der Waals surface area contributed by atoms with E-state index in [1.54, 1.807) is 12.1 Å². The van der Waals surface area contributed by atoms with Gasteiger partial charge in [0.2, 0.25) is 11.7 Å². The van der Waals surface area contributed by atoms with Crippen LogP contribution < -0.4 is 0 Å². The zero-order valence-corrected chi connectivity index (χ0v) is 17.1. The molecule has 7 heteroatoms. The van der Waals surface area contributed by atoms with Crippen LogP contribution in [0, 0.1) is 12.7 Å². The zero-order valence-electron chi connectivity index (χ0n) is 17.1. The Balaban J connectivity index is 1.21. The van der Waals surface area contributed by atoms with Gasteiger partial charge in [0.1, 0.15) is 5.82 Å². The number of nitrogens with zero attached hydrogens (tertiary/aromatic N) is 4. The molecule has 0 bridgehead atoms. The van der Waals surface area contributed by atoms with Gasteiger partial charge in [-0.1, -0.05) is 35.0 Å². The van der Waals surface area contributed by atoms with E-state index in [-0.39, 0.29) is 11.7 Å². The highest BCUT2D eigenvalue weighted by Crippen LogP contribution is 2.17. The van der Waals surface area contributed by atoms with Gasteiger partial charge in [-0.05, 0) is 44.2 Å². The summed E-state index contributed by atoms with van der Waals surface area (Å²) in [6.07, 6.45) is 1.65. The molecule has 6 nitrogen and oxygen atoms in total. The van der Waals surface area contributed by atoms with Crippen molar-refractivity contribution in [2.24, 2.45) is 0 Å². The third-order valence-electron chi connectivity index (χ3n) is 5.39. The van der Waals surface area contributed by atoms with E-state index in [9.17, 15) is 9.18 Å². The molecule has 0 N–H and O–H groups in total. The first kappa shape index (κ1) is 20.2. The van der Waals surface area contributed by atoms with E-state index < -0.39 is 0 Å². The van der Waals surface area contributed by atoms with E-state index in [0.29, 0.717) is 30.4 Å². The molecule has 156 valence electrons. The molecule has 30 heavy (non-hydrogen) atoms. The summed E-state index contributed by atoms with van der Waals surface area (Å²) < 4.78 is 18.4. The molecule has 1 amide bonds. The molecule has 0 spiro atoms. The first-order valence-corrected chi connectivity index (χ1v) is 10.3. The van der Waals surface area contributed by atoms with Crippen LogP contribution in [0.2, 0.25) is 0 Å². The summed E-state index contributed by atoms with van der Waals surface area (Å²) >= 11 is 0. The molecule has 0 atom stereocenters. The van der Waals surface area contributed by atoms with Gasteiger partial charge in [-0.15, -0.1) is 0 Å². The Bertz CT molecular complexity index is 977. The van der Waals surface area contributed by atoms with Gasteiger partial charge in [0.05, 0.1) is 0 Å². The molecule has 2 aromatic carbocycles. The van der Waals surface area contributed by atoms with E-state index in [2.05, 4.69) is 15.0 Å². The van der Waals surface area contributed by atoms with Crippen LogP contribution >= 0.6 is 0 Å². The molecule has 1 fully saturated rings. The summed E-state index contributed by atoms with van der Waals surface area (Å²) in [5, 5.41) is 4.08. The fraction of sp³-hybridized carbons (Fsp3) is 0.348. The Labute approximate surface area is 175 Å². The Kier molecular flexibility index (Phi) is 6.18. The lowest BCUT2D eigenvalue weighted by atomic mass is 10.1. The van der Waals surface area contributed by atoms with Crippen LogP contribution in [0.5, 0.6) is 0 Å². The number of hydrogen-bond donors (Lipinski definition) is 0. The first-order valence-electron chi connectivity index (χ1n) is 10.3. The molecule has 1 aliphatic rings. The number of aromatic nitrogens is 2. The van der Waals surface area contributed by atoms with Crippen LogP contribution in [0.15, 0.2) is 53.1 Å². The number of piperazine rings is 1. The van der Waals surface area contributed by atoms with Gasteiger partial charge in [0.25, 0.3) is 5.91 Å². The average molecular weight is 408 g/mol. The highest BCUT2D eigenvalue weighted by molar-refractivity contribution is 5.94. The predicted molar refractivity (Wildman–Crippen MR) is 112 cm³/mol. The molecule has 0 aliphatic carbocycles. The van der Waals surface area contributed by atoms with Crippen LogP contribution in [-0.4, -0.2) is 58.6 Å². The molecular formula is C23H25FN4O2. The van der Waals surface area contributed by atoms with Crippen molar-refractivity contribution >= 4 is 5.91 Å². The van der Waals surface area contributed by atoms with Gasteiger partial charge in [0, 0.05) is 43.7 Å². The molecule has 0 radical (unpaired) electrons. The van der Waals surface area contributed by atoms with Gasteiger partial charge >= 0.3 is 0 Å². The van der Waals surface area contributed by atoms with Crippen molar-refractivity contribution in [1.82, 2.24) is 19.9 Å². The van der Waals surface area contributed by atoms with E-state index in [1.165, 1.54) is 17.7 Å². The number of carbonyl (C=O) groups is 1. The Morgan fingerprint density at radius 1 is 1.03 bits per heavy atom. The molecule has 1 aromatic heterocycles. The molecule has 1 aliphatic heterocycles. The van der Waals surface area contributed by atoms with Crippen LogP contribution in [0.25, 0.3) is 11.4 Å². The Morgan fingerprint density at radius 2 is 1.73 bits per heavy atom. The molecule has 0 saturated carbocycles. The minimum Gasteiger partial charge on any atom is -0.339 e. The van der Waals surface area contributed by atoms with Gasteiger partial charge < -0.3 is 9.42 Å². The van der Waals surface area contributed by atoms with Gasteiger partial charge in [-0.3, -0.25) is 9.69 Å². The summed E-state index contributed by atoms with van der Waals surface area (Å²) in [5.41, 5.74) is 2.69. The van der Waals surface area contributed by atoms with E-state index >= 15 is 0 Å².